The molecule has 0 amide bonds. The molecule has 2 aliphatic rings. The number of allylic oxidation sites excluding steroid dienone is 3. The molecule has 2 aromatic heterocycles. The van der Waals surface area contributed by atoms with Crippen molar-refractivity contribution in [1.82, 2.24) is 19.6 Å². The lowest BCUT2D eigenvalue weighted by atomic mass is 9.77. The Morgan fingerprint density at radius 3 is 2.50 bits per heavy atom. The van der Waals surface area contributed by atoms with Gasteiger partial charge in [0.1, 0.15) is 17.4 Å². The number of nitriles is 1. The molecule has 0 aromatic carbocycles. The summed E-state index contributed by atoms with van der Waals surface area (Å²) in [5.74, 6) is 0.802. The Balaban J connectivity index is 1.85. The van der Waals surface area contributed by atoms with Gasteiger partial charge in [0.05, 0.1) is 18.3 Å². The molecule has 1 aliphatic heterocycles. The first-order chi connectivity index (χ1) is 14.5. The lowest BCUT2D eigenvalue weighted by Gasteiger charge is -2.33. The Bertz CT molecular complexity index is 1120. The summed E-state index contributed by atoms with van der Waals surface area (Å²) in [5, 5.41) is 18.8. The highest BCUT2D eigenvalue weighted by Crippen LogP contribution is 2.47. The van der Waals surface area contributed by atoms with E-state index in [2.05, 4.69) is 50.0 Å². The summed E-state index contributed by atoms with van der Waals surface area (Å²) >= 11 is 0. The molecular formula is C23H28N6O. The quantitative estimate of drug-likeness (QED) is 0.829. The third-order valence-corrected chi connectivity index (χ3v) is 6.23. The first-order valence-corrected chi connectivity index (χ1v) is 10.6. The zero-order chi connectivity index (χ0) is 21.4. The van der Waals surface area contributed by atoms with Crippen LogP contribution in [0, 0.1) is 25.2 Å². The number of hydrogen-bond donors (Lipinski definition) is 1. The van der Waals surface area contributed by atoms with Gasteiger partial charge in [-0.3, -0.25) is 9.36 Å². The van der Waals surface area contributed by atoms with E-state index in [1.165, 1.54) is 0 Å². The zero-order valence-corrected chi connectivity index (χ0v) is 18.1. The van der Waals surface area contributed by atoms with Gasteiger partial charge in [-0.2, -0.15) is 15.5 Å². The number of nitrogens with two attached hydrogens (primary N) is 1. The molecule has 2 N–H and O–H groups in total. The van der Waals surface area contributed by atoms with Crippen molar-refractivity contribution in [3.63, 3.8) is 0 Å². The average molecular weight is 405 g/mol. The molecule has 0 unspecified atom stereocenters. The smallest absolute Gasteiger partial charge is 0.205 e. The Kier molecular flexibility index (Phi) is 5.25. The number of aryl methyl sites for hydroxylation is 2. The highest BCUT2D eigenvalue weighted by molar-refractivity contribution is 5.63. The van der Waals surface area contributed by atoms with Crippen LogP contribution in [0.1, 0.15) is 61.5 Å². The first-order valence-electron chi connectivity index (χ1n) is 10.6. The largest absolute Gasteiger partial charge is 0.440 e. The molecule has 0 radical (unpaired) electrons. The van der Waals surface area contributed by atoms with Crippen LogP contribution in [0.15, 0.2) is 40.8 Å². The monoisotopic (exact) mass is 404 g/mol. The van der Waals surface area contributed by atoms with Crippen LogP contribution in [0.4, 0.5) is 0 Å². The van der Waals surface area contributed by atoms with Crippen LogP contribution < -0.4 is 5.73 Å². The molecule has 0 saturated heterocycles. The van der Waals surface area contributed by atoms with Gasteiger partial charge in [0.25, 0.3) is 0 Å². The molecule has 0 spiro atoms. The molecule has 0 fully saturated rings. The van der Waals surface area contributed by atoms with Crippen molar-refractivity contribution in [3.05, 3.63) is 63.3 Å². The second-order valence-electron chi connectivity index (χ2n) is 7.80. The molecule has 0 saturated carbocycles. The minimum absolute atomic E-state index is 0.193. The van der Waals surface area contributed by atoms with Crippen LogP contribution in [-0.4, -0.2) is 19.6 Å². The lowest BCUT2D eigenvalue weighted by molar-refractivity contribution is 0.277. The molecular weight excluding hydrogens is 376 g/mol. The van der Waals surface area contributed by atoms with Gasteiger partial charge < -0.3 is 10.5 Å². The van der Waals surface area contributed by atoms with Gasteiger partial charge in [-0.1, -0.05) is 0 Å². The summed E-state index contributed by atoms with van der Waals surface area (Å²) in [5.41, 5.74) is 13.3. The van der Waals surface area contributed by atoms with E-state index in [4.69, 9.17) is 10.5 Å². The summed E-state index contributed by atoms with van der Waals surface area (Å²) in [4.78, 5) is 0. The third-order valence-electron chi connectivity index (χ3n) is 6.23. The van der Waals surface area contributed by atoms with Crippen LogP contribution in [0.2, 0.25) is 0 Å². The average Bonchev–Trinajstić information content (AvgIpc) is 3.29. The maximum Gasteiger partial charge on any atom is 0.205 e. The van der Waals surface area contributed by atoms with Gasteiger partial charge >= 0.3 is 0 Å². The van der Waals surface area contributed by atoms with Crippen LogP contribution >= 0.6 is 0 Å². The minimum Gasteiger partial charge on any atom is -0.440 e. The number of ether oxygens (including phenoxy) is 1. The predicted molar refractivity (Wildman–Crippen MR) is 115 cm³/mol. The maximum absolute atomic E-state index is 9.86. The van der Waals surface area contributed by atoms with Crippen molar-refractivity contribution < 1.29 is 4.74 Å². The molecule has 3 heterocycles. The summed E-state index contributed by atoms with van der Waals surface area (Å²) < 4.78 is 10.0. The molecule has 2 aromatic rings. The SMILES string of the molecule is CCn1ncc(/C=C2\CCCC3=C2OC(N)=C(C#N)[C@@H]3c2cnn(CC)c2C)c1C. The molecule has 30 heavy (non-hydrogen) atoms. The second kappa shape index (κ2) is 7.86. The van der Waals surface area contributed by atoms with Gasteiger partial charge in [0.15, 0.2) is 0 Å². The van der Waals surface area contributed by atoms with E-state index < -0.39 is 0 Å². The summed E-state index contributed by atoms with van der Waals surface area (Å²) in [6, 6.07) is 2.30. The van der Waals surface area contributed by atoms with Crippen molar-refractivity contribution >= 4 is 6.08 Å². The van der Waals surface area contributed by atoms with Gasteiger partial charge in [-0.05, 0) is 64.2 Å². The van der Waals surface area contributed by atoms with Crippen LogP contribution in [0.5, 0.6) is 0 Å². The van der Waals surface area contributed by atoms with Crippen LogP contribution in [0.3, 0.4) is 0 Å². The summed E-state index contributed by atoms with van der Waals surface area (Å²) in [6.45, 7) is 9.90. The summed E-state index contributed by atoms with van der Waals surface area (Å²) in [7, 11) is 0. The lowest BCUT2D eigenvalue weighted by Crippen LogP contribution is -2.24. The molecule has 7 nitrogen and oxygen atoms in total. The van der Waals surface area contributed by atoms with Gasteiger partial charge in [-0.15, -0.1) is 0 Å². The molecule has 156 valence electrons. The highest BCUT2D eigenvalue weighted by atomic mass is 16.5. The Morgan fingerprint density at radius 1 is 1.17 bits per heavy atom. The van der Waals surface area contributed by atoms with Crippen molar-refractivity contribution in [2.24, 2.45) is 5.73 Å². The fourth-order valence-corrected chi connectivity index (χ4v) is 4.56. The summed E-state index contributed by atoms with van der Waals surface area (Å²) in [6.07, 6.45) is 8.72. The van der Waals surface area contributed by atoms with Crippen LogP contribution in [-0.2, 0) is 17.8 Å². The second-order valence-corrected chi connectivity index (χ2v) is 7.80. The Hall–Kier alpha value is -3.27. The van der Waals surface area contributed by atoms with Crippen molar-refractivity contribution in [1.29, 1.82) is 5.26 Å². The van der Waals surface area contributed by atoms with Crippen molar-refractivity contribution in [2.45, 2.75) is 66.0 Å². The molecule has 1 aliphatic carbocycles. The number of aromatic nitrogens is 4. The number of rotatable bonds is 4. The topological polar surface area (TPSA) is 94.7 Å². The molecule has 1 atom stereocenters. The fourth-order valence-electron chi connectivity index (χ4n) is 4.56. The fraction of sp³-hybridized carbons (Fsp3) is 0.435. The van der Waals surface area contributed by atoms with E-state index >= 15 is 0 Å². The van der Waals surface area contributed by atoms with E-state index in [0.717, 1.165) is 71.8 Å². The highest BCUT2D eigenvalue weighted by Gasteiger charge is 2.37. The predicted octanol–water partition coefficient (Wildman–Crippen LogP) is 4.07. The number of nitrogens with zero attached hydrogens (tertiary/aromatic N) is 5. The van der Waals surface area contributed by atoms with E-state index in [1.54, 1.807) is 0 Å². The van der Waals surface area contributed by atoms with Crippen molar-refractivity contribution in [2.75, 3.05) is 0 Å². The van der Waals surface area contributed by atoms with Gasteiger partial charge in [-0.25, -0.2) is 0 Å². The van der Waals surface area contributed by atoms with E-state index in [1.807, 2.05) is 21.8 Å². The van der Waals surface area contributed by atoms with E-state index in [0.29, 0.717) is 5.57 Å². The Labute approximate surface area is 177 Å². The molecule has 7 heteroatoms. The number of hydrogen-bond acceptors (Lipinski definition) is 5. The molecule has 0 bridgehead atoms. The van der Waals surface area contributed by atoms with E-state index in [9.17, 15) is 5.26 Å². The maximum atomic E-state index is 9.86. The standard InChI is InChI=1S/C23H28N6O/c1-5-28-14(3)17(12-26-28)10-16-8-7-9-18-21(19(11-24)23(25)30-22(16)18)20-13-27-29(6-2)15(20)4/h10,12-13,21H,5-9,25H2,1-4H3/b16-10+/t21-/m1/s1. The van der Waals surface area contributed by atoms with E-state index in [-0.39, 0.29) is 11.8 Å². The Morgan fingerprint density at radius 2 is 1.87 bits per heavy atom. The van der Waals surface area contributed by atoms with Crippen molar-refractivity contribution in [3.8, 4) is 6.07 Å². The van der Waals surface area contributed by atoms with Gasteiger partial charge in [0.2, 0.25) is 5.88 Å². The third kappa shape index (κ3) is 3.13. The molecule has 4 rings (SSSR count). The minimum atomic E-state index is -0.206. The van der Waals surface area contributed by atoms with Crippen LogP contribution in [0.25, 0.3) is 6.08 Å². The first kappa shape index (κ1) is 20.0. The zero-order valence-electron chi connectivity index (χ0n) is 18.1. The van der Waals surface area contributed by atoms with Gasteiger partial charge in [0, 0.05) is 35.6 Å². The normalized spacial score (nSPS) is 20.4.